The van der Waals surface area contributed by atoms with Crippen LogP contribution in [0.25, 0.3) is 6.08 Å². The Morgan fingerprint density at radius 3 is 2.23 bits per heavy atom. The second kappa shape index (κ2) is 8.15. The van der Waals surface area contributed by atoms with Gasteiger partial charge in [-0.25, -0.2) is 0 Å². The lowest BCUT2D eigenvalue weighted by atomic mass is 10.1. The molecule has 0 aliphatic rings. The first-order chi connectivity index (χ1) is 12.1. The number of phenols is 5. The van der Waals surface area contributed by atoms with Crippen molar-refractivity contribution in [3.8, 4) is 28.7 Å². The predicted molar refractivity (Wildman–Crippen MR) is 110 cm³/mol. The Labute approximate surface area is 171 Å². The molecule has 0 spiro atoms. The van der Waals surface area contributed by atoms with Gasteiger partial charge in [0.05, 0.1) is 8.95 Å². The Hall–Kier alpha value is -1.97. The summed E-state index contributed by atoms with van der Waals surface area (Å²) < 4.78 is 0.620. The second-order valence-electron chi connectivity index (χ2n) is 5.46. The average molecular weight is 505 g/mol. The van der Waals surface area contributed by atoms with Gasteiger partial charge >= 0.3 is 0 Å². The molecule has 0 fully saturated rings. The number of hydrogen-bond donors (Lipinski definition) is 5. The van der Waals surface area contributed by atoms with E-state index in [1.165, 1.54) is 12.1 Å². The monoisotopic (exact) mass is 503 g/mol. The van der Waals surface area contributed by atoms with Gasteiger partial charge in [0.25, 0.3) is 0 Å². The van der Waals surface area contributed by atoms with Crippen LogP contribution in [0.3, 0.4) is 0 Å². The lowest BCUT2D eigenvalue weighted by molar-refractivity contribution is 0.364. The van der Waals surface area contributed by atoms with Crippen molar-refractivity contribution in [3.05, 3.63) is 44.3 Å². The first-order valence-corrected chi connectivity index (χ1v) is 9.18. The van der Waals surface area contributed by atoms with E-state index >= 15 is 0 Å². The maximum atomic E-state index is 9.78. The van der Waals surface area contributed by atoms with Crippen LogP contribution in [0.1, 0.15) is 11.1 Å². The van der Waals surface area contributed by atoms with Crippen LogP contribution in [0.15, 0.2) is 33.2 Å². The van der Waals surface area contributed by atoms with Crippen molar-refractivity contribution in [2.45, 2.75) is 6.54 Å². The van der Waals surface area contributed by atoms with E-state index in [1.807, 2.05) is 0 Å². The number of nitrogens with zero attached hydrogens (tertiary/aromatic N) is 1. The Morgan fingerprint density at radius 1 is 1.00 bits per heavy atom. The van der Waals surface area contributed by atoms with E-state index in [9.17, 15) is 25.5 Å². The van der Waals surface area contributed by atoms with Gasteiger partial charge in [0.15, 0.2) is 23.0 Å². The van der Waals surface area contributed by atoms with Crippen molar-refractivity contribution >= 4 is 55.1 Å². The molecule has 0 unspecified atom stereocenters. The third-order valence-corrected chi connectivity index (χ3v) is 5.47. The molecular formula is C17H15Br2NO5S. The van der Waals surface area contributed by atoms with Gasteiger partial charge < -0.3 is 30.4 Å². The molecule has 0 radical (unpaired) electrons. The van der Waals surface area contributed by atoms with E-state index in [4.69, 9.17) is 12.2 Å². The Kier molecular flexibility index (Phi) is 6.38. The predicted octanol–water partition coefficient (Wildman–Crippen LogP) is 4.21. The van der Waals surface area contributed by atoms with Crippen LogP contribution < -0.4 is 0 Å². The molecule has 0 saturated carbocycles. The SMILES string of the molecule is CN(Cc1cc(O)c(O)c(O)c1Br)C(=S)/C=C/c1cc(O)c(O)c(Br)c1. The van der Waals surface area contributed by atoms with Crippen LogP contribution in [0.4, 0.5) is 0 Å². The molecule has 9 heteroatoms. The quantitative estimate of drug-likeness (QED) is 0.241. The molecule has 0 aromatic heterocycles. The first-order valence-electron chi connectivity index (χ1n) is 7.18. The number of aromatic hydroxyl groups is 5. The number of benzene rings is 2. The number of phenolic OH excluding ortho intramolecular Hbond substituents is 5. The molecule has 2 aromatic rings. The number of likely N-dealkylation sites (N-methyl/N-ethyl adjacent to an activating group) is 1. The molecule has 0 aliphatic heterocycles. The van der Waals surface area contributed by atoms with Crippen LogP contribution >= 0.6 is 44.1 Å². The number of hydrogen-bond acceptors (Lipinski definition) is 6. The van der Waals surface area contributed by atoms with E-state index < -0.39 is 17.2 Å². The summed E-state index contributed by atoms with van der Waals surface area (Å²) in [4.78, 5) is 2.14. The summed E-state index contributed by atoms with van der Waals surface area (Å²) >= 11 is 11.6. The molecule has 0 aliphatic carbocycles. The Balaban J connectivity index is 2.16. The highest BCUT2D eigenvalue weighted by Crippen LogP contribution is 2.42. The van der Waals surface area contributed by atoms with Crippen molar-refractivity contribution < 1.29 is 25.5 Å². The van der Waals surface area contributed by atoms with Crippen molar-refractivity contribution in [2.75, 3.05) is 7.05 Å². The molecule has 138 valence electrons. The van der Waals surface area contributed by atoms with Crippen molar-refractivity contribution in [2.24, 2.45) is 0 Å². The van der Waals surface area contributed by atoms with Crippen molar-refractivity contribution in [1.29, 1.82) is 0 Å². The number of halogens is 2. The minimum Gasteiger partial charge on any atom is -0.504 e. The number of rotatable bonds is 4. The first kappa shape index (κ1) is 20.3. The van der Waals surface area contributed by atoms with Crippen molar-refractivity contribution in [1.82, 2.24) is 4.90 Å². The van der Waals surface area contributed by atoms with Gasteiger partial charge in [0.1, 0.15) is 4.99 Å². The summed E-state index contributed by atoms with van der Waals surface area (Å²) in [6, 6.07) is 4.35. The lowest BCUT2D eigenvalue weighted by Gasteiger charge is -2.19. The third-order valence-electron chi connectivity index (χ3n) is 3.54. The molecule has 2 rings (SSSR count). The highest BCUT2D eigenvalue weighted by Gasteiger charge is 2.16. The number of thiocarbonyl (C=S) groups is 1. The second-order valence-corrected chi connectivity index (χ2v) is 7.53. The highest BCUT2D eigenvalue weighted by molar-refractivity contribution is 9.11. The third kappa shape index (κ3) is 4.40. The van der Waals surface area contributed by atoms with E-state index in [-0.39, 0.29) is 22.5 Å². The topological polar surface area (TPSA) is 104 Å². The molecule has 2 aromatic carbocycles. The van der Waals surface area contributed by atoms with Gasteiger partial charge in [-0.2, -0.15) is 0 Å². The maximum Gasteiger partial charge on any atom is 0.201 e. The van der Waals surface area contributed by atoms with E-state index in [2.05, 4.69) is 31.9 Å². The van der Waals surface area contributed by atoms with E-state index in [1.54, 1.807) is 30.2 Å². The van der Waals surface area contributed by atoms with Gasteiger partial charge in [0, 0.05) is 13.6 Å². The fourth-order valence-corrected chi connectivity index (χ4v) is 3.15. The van der Waals surface area contributed by atoms with Gasteiger partial charge in [-0.1, -0.05) is 18.3 Å². The van der Waals surface area contributed by atoms with Crippen LogP contribution in [-0.2, 0) is 6.54 Å². The van der Waals surface area contributed by atoms with Gasteiger partial charge in [-0.05, 0) is 67.3 Å². The zero-order valence-electron chi connectivity index (χ0n) is 13.4. The van der Waals surface area contributed by atoms with Crippen LogP contribution in [0, 0.1) is 0 Å². The van der Waals surface area contributed by atoms with Crippen LogP contribution in [-0.4, -0.2) is 42.5 Å². The molecule has 0 amide bonds. The lowest BCUT2D eigenvalue weighted by Crippen LogP contribution is -2.22. The molecular weight excluding hydrogens is 490 g/mol. The average Bonchev–Trinajstić information content (AvgIpc) is 2.59. The molecule has 0 heterocycles. The summed E-state index contributed by atoms with van der Waals surface area (Å²) in [6.07, 6.45) is 3.31. The van der Waals surface area contributed by atoms with Gasteiger partial charge in [-0.15, -0.1) is 0 Å². The fourth-order valence-electron chi connectivity index (χ4n) is 2.12. The van der Waals surface area contributed by atoms with Crippen molar-refractivity contribution in [3.63, 3.8) is 0 Å². The molecule has 6 nitrogen and oxygen atoms in total. The van der Waals surface area contributed by atoms with Crippen LogP contribution in [0.2, 0.25) is 0 Å². The van der Waals surface area contributed by atoms with Crippen LogP contribution in [0.5, 0.6) is 28.7 Å². The molecule has 26 heavy (non-hydrogen) atoms. The zero-order chi connectivity index (χ0) is 19.6. The van der Waals surface area contributed by atoms with E-state index in [0.29, 0.717) is 20.6 Å². The molecule has 0 atom stereocenters. The highest BCUT2D eigenvalue weighted by atomic mass is 79.9. The van der Waals surface area contributed by atoms with Gasteiger partial charge in [-0.3, -0.25) is 0 Å². The largest absolute Gasteiger partial charge is 0.504 e. The summed E-state index contributed by atoms with van der Waals surface area (Å²) in [5, 5.41) is 48.1. The maximum absolute atomic E-state index is 9.78. The fraction of sp³-hybridized carbons (Fsp3) is 0.118. The molecule has 0 bridgehead atoms. The molecule has 5 N–H and O–H groups in total. The van der Waals surface area contributed by atoms with Gasteiger partial charge in [0.2, 0.25) is 5.75 Å². The summed E-state index contributed by atoms with van der Waals surface area (Å²) in [6.45, 7) is 0.260. The smallest absolute Gasteiger partial charge is 0.201 e. The Bertz CT molecular complexity index is 878. The minimum absolute atomic E-state index is 0.237. The Morgan fingerprint density at radius 2 is 1.62 bits per heavy atom. The standard InChI is InChI=1S/C17H15Br2NO5S/c1-20(7-9-6-12(22)16(24)17(25)14(9)19)13(26)3-2-8-4-10(18)15(23)11(21)5-8/h2-6,21-25H,7H2,1H3/b3-2+. The summed E-state index contributed by atoms with van der Waals surface area (Å²) in [5.74, 6) is -1.96. The summed E-state index contributed by atoms with van der Waals surface area (Å²) in [7, 11) is 1.73. The minimum atomic E-state index is -0.594. The zero-order valence-corrected chi connectivity index (χ0v) is 17.4. The summed E-state index contributed by atoms with van der Waals surface area (Å²) in [5.41, 5.74) is 1.16. The normalized spacial score (nSPS) is 11.0. The molecule has 0 saturated heterocycles. The van der Waals surface area contributed by atoms with E-state index in [0.717, 1.165) is 0 Å².